The van der Waals surface area contributed by atoms with E-state index in [4.69, 9.17) is 9.47 Å². The molecule has 8 aromatic carbocycles. The van der Waals surface area contributed by atoms with Gasteiger partial charge in [0.25, 0.3) is 0 Å². The number of hydrogen-bond donors (Lipinski definition) is 0. The zero-order valence-corrected chi connectivity index (χ0v) is 33.5. The predicted molar refractivity (Wildman–Crippen MR) is 245 cm³/mol. The summed E-state index contributed by atoms with van der Waals surface area (Å²) in [4.78, 5) is 2.34. The van der Waals surface area contributed by atoms with Crippen molar-refractivity contribution < 1.29 is 9.47 Å². The first-order valence-corrected chi connectivity index (χ1v) is 20.9. The highest BCUT2D eigenvalue weighted by atomic mass is 16.6. The molecule has 1 spiro atoms. The Kier molecular flexibility index (Phi) is 7.71. The highest BCUT2D eigenvalue weighted by Crippen LogP contribution is 2.64. The number of rotatable bonds is 5. The van der Waals surface area contributed by atoms with Crippen LogP contribution in [0.4, 0.5) is 17.1 Å². The molecular formula is C57H41NO2. The van der Waals surface area contributed by atoms with E-state index >= 15 is 0 Å². The maximum absolute atomic E-state index is 7.16. The summed E-state index contributed by atoms with van der Waals surface area (Å²) in [7, 11) is 0. The van der Waals surface area contributed by atoms with E-state index in [0.717, 1.165) is 39.7 Å². The second-order valence-electron chi connectivity index (χ2n) is 16.3. The number of para-hydroxylation sites is 1. The molecule has 12 rings (SSSR count). The number of aryl methyl sites for hydroxylation is 1. The SMILES string of the molecule is Cc1cccc(-c2ccc(N(c3ccc4c(c3)OC3C=CC5=C(c6ccccc6C56c5ccccc5-c5ccccc56)C3O4)c3ccccc3-c3ccccc3)cc2)c1C. The Morgan fingerprint density at radius 3 is 1.78 bits per heavy atom. The minimum absolute atomic E-state index is 0.302. The predicted octanol–water partition coefficient (Wildman–Crippen LogP) is 14.0. The molecule has 60 heavy (non-hydrogen) atoms. The summed E-state index contributed by atoms with van der Waals surface area (Å²) in [6, 6.07) is 67.9. The van der Waals surface area contributed by atoms with E-state index in [0.29, 0.717) is 0 Å². The molecule has 1 heterocycles. The highest BCUT2D eigenvalue weighted by molar-refractivity contribution is 5.97. The number of hydrogen-bond acceptors (Lipinski definition) is 3. The van der Waals surface area contributed by atoms with Crippen LogP contribution in [0.15, 0.2) is 206 Å². The van der Waals surface area contributed by atoms with Gasteiger partial charge in [0.15, 0.2) is 23.7 Å². The summed E-state index contributed by atoms with van der Waals surface area (Å²) in [6.07, 6.45) is 3.94. The van der Waals surface area contributed by atoms with E-state index in [1.807, 2.05) is 0 Å². The first-order valence-electron chi connectivity index (χ1n) is 20.9. The summed E-state index contributed by atoms with van der Waals surface area (Å²) in [5.41, 5.74) is 20.3. The molecule has 3 heteroatoms. The Morgan fingerprint density at radius 2 is 1.05 bits per heavy atom. The van der Waals surface area contributed by atoms with Crippen LogP contribution in [0.3, 0.4) is 0 Å². The van der Waals surface area contributed by atoms with Crippen molar-refractivity contribution in [3.05, 3.63) is 239 Å². The zero-order chi connectivity index (χ0) is 40.0. The molecule has 0 N–H and O–H groups in total. The standard InChI is InChI=1S/C57H41NO2/c1-36-15-14-22-42(37(36)2)39-27-29-40(30-28-39)58(51-26-13-9-18-43(51)38-16-4-3-5-17-38)41-31-33-52-54(35-41)59-53-34-32-50-55(56(53)60-52)46-21-8-12-25-49(46)57(50)47-23-10-6-19-44(47)45-20-7-11-24-48(45)57/h3-35,53,56H,1-2H3. The quantitative estimate of drug-likeness (QED) is 0.174. The molecule has 286 valence electrons. The van der Waals surface area contributed by atoms with Crippen molar-refractivity contribution in [3.8, 4) is 44.9 Å². The Morgan fingerprint density at radius 1 is 0.467 bits per heavy atom. The normalized spacial score (nSPS) is 17.1. The third-order valence-electron chi connectivity index (χ3n) is 13.3. The number of anilines is 3. The van der Waals surface area contributed by atoms with Gasteiger partial charge in [-0.3, -0.25) is 0 Å². The van der Waals surface area contributed by atoms with E-state index in [9.17, 15) is 0 Å². The van der Waals surface area contributed by atoms with E-state index < -0.39 is 5.41 Å². The fourth-order valence-corrected chi connectivity index (χ4v) is 10.5. The molecular weight excluding hydrogens is 731 g/mol. The summed E-state index contributed by atoms with van der Waals surface area (Å²) >= 11 is 0. The van der Waals surface area contributed by atoms with Gasteiger partial charge in [0.2, 0.25) is 0 Å². The topological polar surface area (TPSA) is 21.7 Å². The fourth-order valence-electron chi connectivity index (χ4n) is 10.5. The molecule has 0 saturated carbocycles. The van der Waals surface area contributed by atoms with Gasteiger partial charge >= 0.3 is 0 Å². The maximum atomic E-state index is 7.16. The molecule has 0 fully saturated rings. The molecule has 0 radical (unpaired) electrons. The Hall–Kier alpha value is -7.36. The molecule has 3 aliphatic carbocycles. The summed E-state index contributed by atoms with van der Waals surface area (Å²) in [6.45, 7) is 4.38. The van der Waals surface area contributed by atoms with Gasteiger partial charge in [-0.1, -0.05) is 158 Å². The summed E-state index contributed by atoms with van der Waals surface area (Å²) in [5, 5.41) is 0. The van der Waals surface area contributed by atoms with Crippen molar-refractivity contribution in [3.63, 3.8) is 0 Å². The molecule has 2 atom stereocenters. The average Bonchev–Trinajstić information content (AvgIpc) is 3.78. The second-order valence-corrected chi connectivity index (χ2v) is 16.3. The summed E-state index contributed by atoms with van der Waals surface area (Å²) in [5.74, 6) is 1.48. The van der Waals surface area contributed by atoms with Gasteiger partial charge in [-0.2, -0.15) is 0 Å². The largest absolute Gasteiger partial charge is 0.478 e. The van der Waals surface area contributed by atoms with E-state index in [1.54, 1.807) is 0 Å². The number of benzene rings is 8. The maximum Gasteiger partial charge on any atom is 0.165 e. The molecule has 0 bridgehead atoms. The Bertz CT molecular complexity index is 3040. The molecule has 4 aliphatic rings. The minimum Gasteiger partial charge on any atom is -0.478 e. The minimum atomic E-state index is -0.422. The van der Waals surface area contributed by atoms with Gasteiger partial charge in [-0.25, -0.2) is 0 Å². The number of allylic oxidation sites excluding steroid dienone is 2. The van der Waals surface area contributed by atoms with Crippen molar-refractivity contribution in [2.75, 3.05) is 4.90 Å². The molecule has 1 aliphatic heterocycles. The molecule has 8 aromatic rings. The van der Waals surface area contributed by atoms with E-state index in [-0.39, 0.29) is 12.2 Å². The van der Waals surface area contributed by atoms with E-state index in [1.165, 1.54) is 66.8 Å². The van der Waals surface area contributed by atoms with E-state index in [2.05, 4.69) is 219 Å². The van der Waals surface area contributed by atoms with Crippen LogP contribution in [0.2, 0.25) is 0 Å². The first kappa shape index (κ1) is 34.7. The van der Waals surface area contributed by atoms with Gasteiger partial charge in [0.1, 0.15) is 0 Å². The summed E-state index contributed by atoms with van der Waals surface area (Å²) < 4.78 is 14.2. The van der Waals surface area contributed by atoms with Crippen molar-refractivity contribution in [1.82, 2.24) is 0 Å². The lowest BCUT2D eigenvalue weighted by atomic mass is 9.69. The van der Waals surface area contributed by atoms with Crippen LogP contribution >= 0.6 is 0 Å². The van der Waals surface area contributed by atoms with Crippen LogP contribution < -0.4 is 14.4 Å². The molecule has 0 amide bonds. The lowest BCUT2D eigenvalue weighted by Crippen LogP contribution is -2.41. The van der Waals surface area contributed by atoms with Crippen molar-refractivity contribution in [2.24, 2.45) is 0 Å². The van der Waals surface area contributed by atoms with Crippen molar-refractivity contribution in [1.29, 1.82) is 0 Å². The number of ether oxygens (including phenoxy) is 2. The molecule has 2 unspecified atom stereocenters. The Balaban J connectivity index is 0.971. The van der Waals surface area contributed by atoms with Crippen LogP contribution in [0.25, 0.3) is 39.0 Å². The van der Waals surface area contributed by atoms with Crippen LogP contribution in [0.1, 0.15) is 33.4 Å². The van der Waals surface area contributed by atoms with Crippen LogP contribution in [0.5, 0.6) is 11.5 Å². The molecule has 0 saturated heterocycles. The van der Waals surface area contributed by atoms with Crippen molar-refractivity contribution in [2.45, 2.75) is 31.5 Å². The highest BCUT2D eigenvalue weighted by Gasteiger charge is 2.55. The van der Waals surface area contributed by atoms with Crippen LogP contribution in [-0.2, 0) is 5.41 Å². The lowest BCUT2D eigenvalue weighted by Gasteiger charge is -2.38. The average molecular weight is 772 g/mol. The smallest absolute Gasteiger partial charge is 0.165 e. The van der Waals surface area contributed by atoms with Crippen LogP contribution in [0, 0.1) is 13.8 Å². The molecule has 0 aromatic heterocycles. The monoisotopic (exact) mass is 771 g/mol. The second kappa shape index (κ2) is 13.3. The van der Waals surface area contributed by atoms with Gasteiger partial charge < -0.3 is 14.4 Å². The lowest BCUT2D eigenvalue weighted by molar-refractivity contribution is 0.0812. The fraction of sp³-hybridized carbons (Fsp3) is 0.0877. The number of fused-ring (bicyclic) bond motifs is 12. The van der Waals surface area contributed by atoms with Gasteiger partial charge in [0, 0.05) is 22.9 Å². The van der Waals surface area contributed by atoms with Gasteiger partial charge in [0.05, 0.1) is 16.8 Å². The van der Waals surface area contributed by atoms with Gasteiger partial charge in [-0.15, -0.1) is 0 Å². The van der Waals surface area contributed by atoms with Crippen LogP contribution in [-0.4, -0.2) is 12.2 Å². The van der Waals surface area contributed by atoms with Gasteiger partial charge in [-0.05, 0) is 117 Å². The third-order valence-corrected chi connectivity index (χ3v) is 13.3. The zero-order valence-electron chi connectivity index (χ0n) is 33.5. The third kappa shape index (κ3) is 4.96. The van der Waals surface area contributed by atoms with Crippen molar-refractivity contribution >= 4 is 22.6 Å². The molecule has 3 nitrogen and oxygen atoms in total. The number of nitrogens with zero attached hydrogens (tertiary/aromatic N) is 1. The first-order chi connectivity index (χ1) is 29.6. The Labute approximate surface area is 351 Å².